The molecule has 0 spiro atoms. The first-order valence-corrected chi connectivity index (χ1v) is 7.59. The fourth-order valence-electron chi connectivity index (χ4n) is 2.57. The number of para-hydroxylation sites is 1. The molecule has 0 radical (unpaired) electrons. The van der Waals surface area contributed by atoms with Crippen LogP contribution in [0.4, 0.5) is 0 Å². The summed E-state index contributed by atoms with van der Waals surface area (Å²) in [5.41, 5.74) is 2.26. The molecule has 2 aromatic carbocycles. The molecule has 1 aromatic heterocycles. The van der Waals surface area contributed by atoms with Gasteiger partial charge in [0, 0.05) is 11.9 Å². The van der Waals surface area contributed by atoms with E-state index in [2.05, 4.69) is 15.5 Å². The molecule has 0 aliphatic heterocycles. The molecule has 0 atom stereocenters. The van der Waals surface area contributed by atoms with Crippen LogP contribution in [0.15, 0.2) is 42.6 Å². The number of hydrogen-bond donors (Lipinski definition) is 2. The number of carbonyl (C=O) groups excluding carboxylic acids is 2. The maximum absolute atomic E-state index is 12.5. The summed E-state index contributed by atoms with van der Waals surface area (Å²) in [6.07, 6.45) is 1.66. The Labute approximate surface area is 143 Å². The van der Waals surface area contributed by atoms with E-state index in [0.29, 0.717) is 22.4 Å². The monoisotopic (exact) mass is 339 g/mol. The molecule has 3 rings (SSSR count). The minimum absolute atomic E-state index is 0.231. The zero-order valence-electron chi connectivity index (χ0n) is 13.8. The van der Waals surface area contributed by atoms with Crippen LogP contribution in [-0.2, 0) is 11.3 Å². The summed E-state index contributed by atoms with van der Waals surface area (Å²) in [4.78, 5) is 24.3. The number of ether oxygens (including phenoxy) is 2. The van der Waals surface area contributed by atoms with Gasteiger partial charge in [-0.15, -0.1) is 0 Å². The van der Waals surface area contributed by atoms with Crippen molar-refractivity contribution in [3.63, 3.8) is 0 Å². The van der Waals surface area contributed by atoms with E-state index in [-0.39, 0.29) is 12.5 Å². The van der Waals surface area contributed by atoms with Crippen molar-refractivity contribution in [2.45, 2.75) is 6.54 Å². The van der Waals surface area contributed by atoms with Crippen molar-refractivity contribution < 1.29 is 19.1 Å². The van der Waals surface area contributed by atoms with E-state index in [1.54, 1.807) is 36.5 Å². The summed E-state index contributed by atoms with van der Waals surface area (Å²) < 4.78 is 9.91. The maximum Gasteiger partial charge on any atom is 0.341 e. The highest BCUT2D eigenvalue weighted by Gasteiger charge is 2.15. The Morgan fingerprint density at radius 1 is 1.16 bits per heavy atom. The molecule has 25 heavy (non-hydrogen) atoms. The van der Waals surface area contributed by atoms with Crippen LogP contribution in [0, 0.1) is 0 Å². The van der Waals surface area contributed by atoms with Crippen LogP contribution in [0.1, 0.15) is 26.3 Å². The van der Waals surface area contributed by atoms with Crippen LogP contribution in [-0.4, -0.2) is 36.3 Å². The maximum atomic E-state index is 12.5. The van der Waals surface area contributed by atoms with Gasteiger partial charge >= 0.3 is 5.97 Å². The minimum Gasteiger partial charge on any atom is -0.496 e. The second-order valence-electron chi connectivity index (χ2n) is 5.35. The van der Waals surface area contributed by atoms with Gasteiger partial charge in [0.2, 0.25) is 0 Å². The number of nitrogens with zero attached hydrogens (tertiary/aromatic N) is 1. The highest BCUT2D eigenvalue weighted by Crippen LogP contribution is 2.21. The van der Waals surface area contributed by atoms with E-state index >= 15 is 0 Å². The first kappa shape index (κ1) is 16.5. The van der Waals surface area contributed by atoms with Gasteiger partial charge in [0.25, 0.3) is 5.91 Å². The number of methoxy groups -OCH3 is 2. The fourth-order valence-corrected chi connectivity index (χ4v) is 2.57. The number of amides is 1. The number of carbonyl (C=O) groups is 2. The number of H-pyrrole nitrogens is 1. The summed E-state index contributed by atoms with van der Waals surface area (Å²) in [5, 5.41) is 10.5. The van der Waals surface area contributed by atoms with Gasteiger partial charge < -0.3 is 14.8 Å². The molecule has 0 saturated heterocycles. The Kier molecular flexibility index (Phi) is 4.65. The topological polar surface area (TPSA) is 93.3 Å². The van der Waals surface area contributed by atoms with Crippen molar-refractivity contribution >= 4 is 22.8 Å². The molecular weight excluding hydrogens is 322 g/mol. The van der Waals surface area contributed by atoms with Gasteiger partial charge in [0.05, 0.1) is 31.5 Å². The molecule has 2 N–H and O–H groups in total. The average molecular weight is 339 g/mol. The zero-order chi connectivity index (χ0) is 17.8. The second-order valence-corrected chi connectivity index (χ2v) is 5.35. The Hall–Kier alpha value is -3.35. The van der Waals surface area contributed by atoms with Gasteiger partial charge in [-0.1, -0.05) is 18.2 Å². The summed E-state index contributed by atoms with van der Waals surface area (Å²) in [6.45, 7) is 0.261. The number of nitrogens with one attached hydrogen (secondary N) is 2. The van der Waals surface area contributed by atoms with E-state index in [4.69, 9.17) is 9.47 Å². The van der Waals surface area contributed by atoms with Crippen molar-refractivity contribution in [1.29, 1.82) is 0 Å². The molecule has 0 bridgehead atoms. The Bertz CT molecular complexity index is 933. The van der Waals surface area contributed by atoms with Crippen LogP contribution in [0.25, 0.3) is 10.9 Å². The molecular formula is C18H17N3O4. The molecule has 7 nitrogen and oxygen atoms in total. The molecule has 128 valence electrons. The molecule has 0 fully saturated rings. The number of rotatable bonds is 5. The molecule has 1 amide bonds. The summed E-state index contributed by atoms with van der Waals surface area (Å²) in [5.74, 6) is -0.304. The van der Waals surface area contributed by atoms with Gasteiger partial charge in [0.1, 0.15) is 11.3 Å². The lowest BCUT2D eigenvalue weighted by molar-refractivity contribution is 0.0597. The number of hydrogen-bond acceptors (Lipinski definition) is 5. The lowest BCUT2D eigenvalue weighted by Gasteiger charge is -2.10. The first-order chi connectivity index (χ1) is 12.1. The third kappa shape index (κ3) is 3.30. The molecule has 0 saturated carbocycles. The quantitative estimate of drug-likeness (QED) is 0.696. The first-order valence-electron chi connectivity index (χ1n) is 7.59. The Balaban J connectivity index is 1.78. The lowest BCUT2D eigenvalue weighted by atomic mass is 10.1. The summed E-state index contributed by atoms with van der Waals surface area (Å²) >= 11 is 0. The van der Waals surface area contributed by atoms with Gasteiger partial charge in [-0.25, -0.2) is 4.79 Å². The van der Waals surface area contributed by atoms with Gasteiger partial charge in [-0.3, -0.25) is 9.89 Å². The highest BCUT2D eigenvalue weighted by atomic mass is 16.5. The van der Waals surface area contributed by atoms with Crippen molar-refractivity contribution in [2.24, 2.45) is 0 Å². The average Bonchev–Trinajstić information content (AvgIpc) is 3.14. The predicted octanol–water partition coefficient (Wildman–Crippen LogP) is 2.29. The van der Waals surface area contributed by atoms with Gasteiger partial charge in [-0.2, -0.15) is 5.10 Å². The molecule has 0 aliphatic carbocycles. The van der Waals surface area contributed by atoms with Crippen molar-refractivity contribution in [3.05, 3.63) is 59.3 Å². The molecule has 1 heterocycles. The highest BCUT2D eigenvalue weighted by molar-refractivity contribution is 6.05. The van der Waals surface area contributed by atoms with Crippen molar-refractivity contribution in [1.82, 2.24) is 15.5 Å². The van der Waals surface area contributed by atoms with Crippen LogP contribution >= 0.6 is 0 Å². The van der Waals surface area contributed by atoms with Crippen molar-refractivity contribution in [2.75, 3.05) is 14.2 Å². The molecule has 3 aromatic rings. The lowest BCUT2D eigenvalue weighted by Crippen LogP contribution is -2.23. The van der Waals surface area contributed by atoms with Crippen LogP contribution in [0.2, 0.25) is 0 Å². The van der Waals surface area contributed by atoms with E-state index in [1.807, 2.05) is 6.07 Å². The smallest absolute Gasteiger partial charge is 0.341 e. The summed E-state index contributed by atoms with van der Waals surface area (Å²) in [6, 6.07) is 10.5. The number of aromatic amines is 1. The fraction of sp³-hybridized carbons (Fsp3) is 0.167. The SMILES string of the molecule is COC(=O)c1cc(CNC(=O)c2cccc3cn[nH]c23)ccc1OC. The van der Waals surface area contributed by atoms with Gasteiger partial charge in [0.15, 0.2) is 0 Å². The van der Waals surface area contributed by atoms with E-state index in [0.717, 1.165) is 10.9 Å². The largest absolute Gasteiger partial charge is 0.496 e. The third-order valence-electron chi connectivity index (χ3n) is 3.84. The normalized spacial score (nSPS) is 10.5. The zero-order valence-corrected chi connectivity index (χ0v) is 13.8. The molecule has 7 heteroatoms. The van der Waals surface area contributed by atoms with Crippen LogP contribution in [0.5, 0.6) is 5.75 Å². The van der Waals surface area contributed by atoms with E-state index < -0.39 is 5.97 Å². The second kappa shape index (κ2) is 7.04. The van der Waals surface area contributed by atoms with Crippen LogP contribution < -0.4 is 10.1 Å². The van der Waals surface area contributed by atoms with E-state index in [1.165, 1.54) is 14.2 Å². The molecule has 0 aliphatic rings. The predicted molar refractivity (Wildman–Crippen MR) is 91.6 cm³/mol. The van der Waals surface area contributed by atoms with E-state index in [9.17, 15) is 9.59 Å². The molecule has 0 unspecified atom stereocenters. The minimum atomic E-state index is -0.493. The van der Waals surface area contributed by atoms with Crippen molar-refractivity contribution in [3.8, 4) is 5.75 Å². The third-order valence-corrected chi connectivity index (χ3v) is 3.84. The Morgan fingerprint density at radius 2 is 2.00 bits per heavy atom. The summed E-state index contributed by atoms with van der Waals surface area (Å²) in [7, 11) is 2.79. The number of esters is 1. The number of aromatic nitrogens is 2. The van der Waals surface area contributed by atoms with Gasteiger partial charge in [-0.05, 0) is 23.8 Å². The Morgan fingerprint density at radius 3 is 2.76 bits per heavy atom. The van der Waals surface area contributed by atoms with Crippen LogP contribution in [0.3, 0.4) is 0 Å². The number of fused-ring (bicyclic) bond motifs is 1. The standard InChI is InChI=1S/C18H17N3O4/c1-24-15-7-6-11(8-14(15)18(23)25-2)9-19-17(22)13-5-3-4-12-10-20-21-16(12)13/h3-8,10H,9H2,1-2H3,(H,19,22)(H,20,21). The number of benzene rings is 2.